The molecule has 3 heteroatoms. The maximum Gasteiger partial charge on any atom is 0.170 e. The highest BCUT2D eigenvalue weighted by Gasteiger charge is 1.87. The minimum absolute atomic E-state index is 0.622. The third-order valence-corrected chi connectivity index (χ3v) is 1.70. The molecule has 1 aromatic carbocycles. The molecule has 0 aliphatic heterocycles. The second kappa shape index (κ2) is 4.28. The Morgan fingerprint density at radius 1 is 1.07 bits per heavy atom. The molecule has 0 bridgehead atoms. The first kappa shape index (κ1) is 8.56. The normalized spacial score (nSPS) is 10.6. The third-order valence-electron chi connectivity index (χ3n) is 1.70. The minimum atomic E-state index is 0.622. The molecule has 0 unspecified atom stereocenters. The number of aliphatic imine (C=N–C) groups is 1. The van der Waals surface area contributed by atoms with E-state index in [4.69, 9.17) is 0 Å². The molecule has 0 N–H and O–H groups in total. The van der Waals surface area contributed by atoms with Crippen LogP contribution in [0.5, 0.6) is 0 Å². The summed E-state index contributed by atoms with van der Waals surface area (Å²) in [5.74, 6) is 0.622. The van der Waals surface area contributed by atoms with Gasteiger partial charge in [0.2, 0.25) is 0 Å². The van der Waals surface area contributed by atoms with Crippen LogP contribution in [0.1, 0.15) is 5.56 Å². The Morgan fingerprint density at radius 3 is 2.64 bits per heavy atom. The van der Waals surface area contributed by atoms with Crippen LogP contribution < -0.4 is 0 Å². The van der Waals surface area contributed by atoms with Gasteiger partial charge in [-0.25, -0.2) is 9.98 Å². The molecular formula is C11H9N3. The standard InChI is InChI=1S/C11H9N3/c1-2-4-10(5-3-1)8-14-11-9-12-6-7-13-11/h1-9H. The summed E-state index contributed by atoms with van der Waals surface area (Å²) < 4.78 is 0. The third kappa shape index (κ3) is 2.23. The quantitative estimate of drug-likeness (QED) is 0.669. The smallest absolute Gasteiger partial charge is 0.170 e. The predicted octanol–water partition coefficient (Wildman–Crippen LogP) is 2.23. The summed E-state index contributed by atoms with van der Waals surface area (Å²) >= 11 is 0. The maximum atomic E-state index is 4.18. The van der Waals surface area contributed by atoms with Crippen molar-refractivity contribution in [2.24, 2.45) is 4.99 Å². The van der Waals surface area contributed by atoms with Crippen LogP contribution in [0.3, 0.4) is 0 Å². The van der Waals surface area contributed by atoms with E-state index in [-0.39, 0.29) is 0 Å². The van der Waals surface area contributed by atoms with Crippen LogP contribution in [-0.2, 0) is 0 Å². The van der Waals surface area contributed by atoms with E-state index in [2.05, 4.69) is 15.0 Å². The zero-order valence-electron chi connectivity index (χ0n) is 7.54. The molecule has 0 radical (unpaired) electrons. The molecule has 0 aliphatic rings. The van der Waals surface area contributed by atoms with Gasteiger partial charge in [-0.2, -0.15) is 0 Å². The van der Waals surface area contributed by atoms with E-state index in [9.17, 15) is 0 Å². The molecule has 0 aliphatic carbocycles. The number of aromatic nitrogens is 2. The number of hydrogen-bond donors (Lipinski definition) is 0. The van der Waals surface area contributed by atoms with Crippen molar-refractivity contribution in [3.63, 3.8) is 0 Å². The molecule has 1 aromatic heterocycles. The topological polar surface area (TPSA) is 38.1 Å². The van der Waals surface area contributed by atoms with E-state index in [0.717, 1.165) is 5.56 Å². The number of nitrogens with zero attached hydrogens (tertiary/aromatic N) is 3. The summed E-state index contributed by atoms with van der Waals surface area (Å²) in [5.41, 5.74) is 1.05. The molecule has 2 rings (SSSR count). The zero-order valence-corrected chi connectivity index (χ0v) is 7.54. The summed E-state index contributed by atoms with van der Waals surface area (Å²) in [6.07, 6.45) is 6.64. The average Bonchev–Trinajstić information content (AvgIpc) is 2.29. The molecule has 1 heterocycles. The first-order valence-corrected chi connectivity index (χ1v) is 4.30. The fourth-order valence-corrected chi connectivity index (χ4v) is 1.04. The molecule has 68 valence electrons. The molecule has 0 spiro atoms. The van der Waals surface area contributed by atoms with Crippen LogP contribution in [0.25, 0.3) is 0 Å². The summed E-state index contributed by atoms with van der Waals surface area (Å²) in [5, 5.41) is 0. The van der Waals surface area contributed by atoms with Crippen molar-refractivity contribution < 1.29 is 0 Å². The lowest BCUT2D eigenvalue weighted by Crippen LogP contribution is -1.80. The van der Waals surface area contributed by atoms with Gasteiger partial charge in [0.05, 0.1) is 6.20 Å². The van der Waals surface area contributed by atoms with Crippen molar-refractivity contribution in [1.82, 2.24) is 9.97 Å². The molecule has 0 amide bonds. The number of benzene rings is 1. The fraction of sp³-hybridized carbons (Fsp3) is 0. The monoisotopic (exact) mass is 183 g/mol. The average molecular weight is 183 g/mol. The van der Waals surface area contributed by atoms with Gasteiger partial charge in [0.25, 0.3) is 0 Å². The summed E-state index contributed by atoms with van der Waals surface area (Å²) in [6, 6.07) is 9.88. The fourth-order valence-electron chi connectivity index (χ4n) is 1.04. The highest BCUT2D eigenvalue weighted by molar-refractivity contribution is 5.81. The number of rotatable bonds is 2. The molecule has 0 saturated carbocycles. The van der Waals surface area contributed by atoms with Gasteiger partial charge in [-0.15, -0.1) is 0 Å². The van der Waals surface area contributed by atoms with Crippen LogP contribution in [0.2, 0.25) is 0 Å². The van der Waals surface area contributed by atoms with Crippen molar-refractivity contribution in [3.8, 4) is 0 Å². The molecule has 2 aromatic rings. The van der Waals surface area contributed by atoms with Crippen LogP contribution in [0.4, 0.5) is 5.82 Å². The SMILES string of the molecule is C(=Nc1cnccn1)c1ccccc1. The maximum absolute atomic E-state index is 4.18. The Morgan fingerprint density at radius 2 is 1.93 bits per heavy atom. The zero-order chi connectivity index (χ0) is 9.64. The largest absolute Gasteiger partial charge is 0.259 e. The molecule has 0 saturated heterocycles. The lowest BCUT2D eigenvalue weighted by atomic mass is 10.2. The second-order valence-electron chi connectivity index (χ2n) is 2.73. The Balaban J connectivity index is 2.16. The van der Waals surface area contributed by atoms with Crippen molar-refractivity contribution in [3.05, 3.63) is 54.5 Å². The van der Waals surface area contributed by atoms with Crippen LogP contribution in [-0.4, -0.2) is 16.2 Å². The Hall–Kier alpha value is -2.03. The van der Waals surface area contributed by atoms with Gasteiger partial charge in [-0.3, -0.25) is 4.98 Å². The van der Waals surface area contributed by atoms with Gasteiger partial charge in [0, 0.05) is 18.6 Å². The van der Waals surface area contributed by atoms with E-state index in [1.165, 1.54) is 0 Å². The van der Waals surface area contributed by atoms with Crippen LogP contribution in [0.15, 0.2) is 53.9 Å². The van der Waals surface area contributed by atoms with Gasteiger partial charge in [0.1, 0.15) is 0 Å². The Labute approximate surface area is 82.2 Å². The van der Waals surface area contributed by atoms with E-state index in [0.29, 0.717) is 5.82 Å². The molecule has 3 nitrogen and oxygen atoms in total. The van der Waals surface area contributed by atoms with Crippen molar-refractivity contribution in [2.75, 3.05) is 0 Å². The summed E-state index contributed by atoms with van der Waals surface area (Å²) in [7, 11) is 0. The van der Waals surface area contributed by atoms with Gasteiger partial charge < -0.3 is 0 Å². The van der Waals surface area contributed by atoms with E-state index >= 15 is 0 Å². The Bertz CT molecular complexity index is 368. The van der Waals surface area contributed by atoms with Crippen LogP contribution in [0, 0.1) is 0 Å². The Kier molecular flexibility index (Phi) is 2.62. The molecule has 0 fully saturated rings. The van der Waals surface area contributed by atoms with Crippen molar-refractivity contribution >= 4 is 12.0 Å². The second-order valence-corrected chi connectivity index (χ2v) is 2.73. The minimum Gasteiger partial charge on any atom is -0.259 e. The first-order chi connectivity index (χ1) is 6.95. The number of hydrogen-bond acceptors (Lipinski definition) is 3. The molecule has 14 heavy (non-hydrogen) atoms. The van der Waals surface area contributed by atoms with Gasteiger partial charge >= 0.3 is 0 Å². The lowest BCUT2D eigenvalue weighted by Gasteiger charge is -1.91. The highest BCUT2D eigenvalue weighted by atomic mass is 14.9. The van der Waals surface area contributed by atoms with Gasteiger partial charge in [-0.1, -0.05) is 30.3 Å². The lowest BCUT2D eigenvalue weighted by molar-refractivity contribution is 1.18. The first-order valence-electron chi connectivity index (χ1n) is 4.30. The van der Waals surface area contributed by atoms with Gasteiger partial charge in [0.15, 0.2) is 5.82 Å². The molecule has 0 atom stereocenters. The van der Waals surface area contributed by atoms with Gasteiger partial charge in [-0.05, 0) is 5.56 Å². The summed E-state index contributed by atoms with van der Waals surface area (Å²) in [4.78, 5) is 12.1. The van der Waals surface area contributed by atoms with E-state index in [1.54, 1.807) is 24.8 Å². The highest BCUT2D eigenvalue weighted by Crippen LogP contribution is 2.03. The molecular weight excluding hydrogens is 174 g/mol. The summed E-state index contributed by atoms with van der Waals surface area (Å²) in [6.45, 7) is 0. The predicted molar refractivity (Wildman–Crippen MR) is 55.7 cm³/mol. The van der Waals surface area contributed by atoms with E-state index in [1.807, 2.05) is 30.3 Å². The van der Waals surface area contributed by atoms with E-state index < -0.39 is 0 Å². The van der Waals surface area contributed by atoms with Crippen molar-refractivity contribution in [2.45, 2.75) is 0 Å². The van der Waals surface area contributed by atoms with Crippen LogP contribution >= 0.6 is 0 Å². The van der Waals surface area contributed by atoms with Crippen molar-refractivity contribution in [1.29, 1.82) is 0 Å².